The SMILES string of the molecule is CC(Nc1cc([N+](=O)[O-])ccc1Cl)c1ccc(F)cc1Br. The van der Waals surface area contributed by atoms with Crippen LogP contribution in [0.3, 0.4) is 0 Å². The topological polar surface area (TPSA) is 55.2 Å². The van der Waals surface area contributed by atoms with Gasteiger partial charge in [0.15, 0.2) is 0 Å². The maximum atomic E-state index is 13.1. The molecule has 110 valence electrons. The highest BCUT2D eigenvalue weighted by Crippen LogP contribution is 2.32. The summed E-state index contributed by atoms with van der Waals surface area (Å²) in [5.74, 6) is -0.341. The Kier molecular flexibility index (Phi) is 4.80. The minimum absolute atomic E-state index is 0.0488. The van der Waals surface area contributed by atoms with E-state index in [1.807, 2.05) is 6.92 Å². The van der Waals surface area contributed by atoms with Crippen molar-refractivity contribution in [3.8, 4) is 0 Å². The molecule has 0 radical (unpaired) electrons. The van der Waals surface area contributed by atoms with E-state index in [1.165, 1.54) is 30.3 Å². The molecule has 0 aliphatic heterocycles. The molecule has 0 saturated carbocycles. The predicted molar refractivity (Wildman–Crippen MR) is 84.2 cm³/mol. The summed E-state index contributed by atoms with van der Waals surface area (Å²) in [5.41, 5.74) is 1.22. The van der Waals surface area contributed by atoms with Crippen LogP contribution in [-0.2, 0) is 0 Å². The molecule has 0 spiro atoms. The van der Waals surface area contributed by atoms with Gasteiger partial charge in [-0.15, -0.1) is 0 Å². The van der Waals surface area contributed by atoms with Gasteiger partial charge in [0.25, 0.3) is 5.69 Å². The molecule has 21 heavy (non-hydrogen) atoms. The molecule has 0 saturated heterocycles. The molecule has 2 aromatic carbocycles. The summed E-state index contributed by atoms with van der Waals surface area (Å²) in [6.45, 7) is 1.85. The van der Waals surface area contributed by atoms with Crippen molar-refractivity contribution < 1.29 is 9.31 Å². The molecule has 0 amide bonds. The third-order valence-corrected chi connectivity index (χ3v) is 3.98. The molecular weight excluding hydrogens is 363 g/mol. The lowest BCUT2D eigenvalue weighted by molar-refractivity contribution is -0.384. The first kappa shape index (κ1) is 15.7. The fourth-order valence-electron chi connectivity index (χ4n) is 1.90. The van der Waals surface area contributed by atoms with Gasteiger partial charge in [-0.1, -0.05) is 33.6 Å². The molecular formula is C14H11BrClFN2O2. The van der Waals surface area contributed by atoms with Crippen molar-refractivity contribution in [3.05, 3.63) is 67.4 Å². The van der Waals surface area contributed by atoms with E-state index in [0.717, 1.165) is 5.56 Å². The average molecular weight is 374 g/mol. The summed E-state index contributed by atoms with van der Waals surface area (Å²) in [4.78, 5) is 10.3. The number of hydrogen-bond acceptors (Lipinski definition) is 3. The number of benzene rings is 2. The first-order valence-corrected chi connectivity index (χ1v) is 7.21. The van der Waals surface area contributed by atoms with Crippen molar-refractivity contribution >= 4 is 38.9 Å². The second-order valence-electron chi connectivity index (χ2n) is 4.45. The van der Waals surface area contributed by atoms with Gasteiger partial charge in [-0.2, -0.15) is 0 Å². The highest BCUT2D eigenvalue weighted by molar-refractivity contribution is 9.10. The van der Waals surface area contributed by atoms with Gasteiger partial charge in [0.2, 0.25) is 0 Å². The summed E-state index contributed by atoms with van der Waals surface area (Å²) in [6.07, 6.45) is 0. The van der Waals surface area contributed by atoms with E-state index in [-0.39, 0.29) is 17.5 Å². The second-order valence-corrected chi connectivity index (χ2v) is 5.71. The Morgan fingerprint density at radius 3 is 2.67 bits per heavy atom. The lowest BCUT2D eigenvalue weighted by Gasteiger charge is -2.18. The number of anilines is 1. The molecule has 2 rings (SSSR count). The number of nitrogens with zero attached hydrogens (tertiary/aromatic N) is 1. The van der Waals surface area contributed by atoms with Crippen molar-refractivity contribution in [2.75, 3.05) is 5.32 Å². The molecule has 1 N–H and O–H groups in total. The molecule has 0 aliphatic carbocycles. The van der Waals surface area contributed by atoms with E-state index in [4.69, 9.17) is 11.6 Å². The Morgan fingerprint density at radius 2 is 2.05 bits per heavy atom. The predicted octanol–water partition coefficient (Wildman–Crippen LogP) is 5.32. The Hall–Kier alpha value is -1.66. The van der Waals surface area contributed by atoms with Gasteiger partial charge in [-0.3, -0.25) is 10.1 Å². The number of halogens is 3. The van der Waals surface area contributed by atoms with Crippen molar-refractivity contribution in [1.82, 2.24) is 0 Å². The van der Waals surface area contributed by atoms with Crippen LogP contribution in [0.2, 0.25) is 5.02 Å². The van der Waals surface area contributed by atoms with Crippen LogP contribution in [-0.4, -0.2) is 4.92 Å². The summed E-state index contributed by atoms with van der Waals surface area (Å²) >= 11 is 9.34. The number of rotatable bonds is 4. The van der Waals surface area contributed by atoms with Crippen molar-refractivity contribution in [3.63, 3.8) is 0 Å². The molecule has 0 aliphatic rings. The van der Waals surface area contributed by atoms with E-state index in [0.29, 0.717) is 15.2 Å². The monoisotopic (exact) mass is 372 g/mol. The smallest absolute Gasteiger partial charge is 0.271 e. The second kappa shape index (κ2) is 6.41. The number of nitro benzene ring substituents is 1. The highest BCUT2D eigenvalue weighted by atomic mass is 79.9. The highest BCUT2D eigenvalue weighted by Gasteiger charge is 2.14. The van der Waals surface area contributed by atoms with Crippen LogP contribution in [0.4, 0.5) is 15.8 Å². The fraction of sp³-hybridized carbons (Fsp3) is 0.143. The average Bonchev–Trinajstić information content (AvgIpc) is 2.40. The number of hydrogen-bond donors (Lipinski definition) is 1. The molecule has 0 bridgehead atoms. The van der Waals surface area contributed by atoms with Gasteiger partial charge in [0.1, 0.15) is 5.82 Å². The molecule has 2 aromatic rings. The zero-order valence-electron chi connectivity index (χ0n) is 10.9. The number of nitrogens with one attached hydrogen (secondary N) is 1. The van der Waals surface area contributed by atoms with Gasteiger partial charge >= 0.3 is 0 Å². The molecule has 7 heteroatoms. The zero-order chi connectivity index (χ0) is 15.6. The quantitative estimate of drug-likeness (QED) is 0.582. The van der Waals surface area contributed by atoms with Crippen molar-refractivity contribution in [2.24, 2.45) is 0 Å². The van der Waals surface area contributed by atoms with Crippen LogP contribution in [0, 0.1) is 15.9 Å². The third kappa shape index (κ3) is 3.71. The Labute approximate surface area is 134 Å². The van der Waals surface area contributed by atoms with Gasteiger partial charge in [0, 0.05) is 22.6 Å². The minimum atomic E-state index is -0.486. The molecule has 0 heterocycles. The number of nitro groups is 1. The molecule has 1 unspecified atom stereocenters. The van der Waals surface area contributed by atoms with E-state index in [1.54, 1.807) is 6.07 Å². The van der Waals surface area contributed by atoms with Crippen molar-refractivity contribution in [2.45, 2.75) is 13.0 Å². The largest absolute Gasteiger partial charge is 0.377 e. The Morgan fingerprint density at radius 1 is 1.33 bits per heavy atom. The maximum Gasteiger partial charge on any atom is 0.271 e. The van der Waals surface area contributed by atoms with Crippen LogP contribution in [0.15, 0.2) is 40.9 Å². The molecule has 0 fully saturated rings. The number of non-ortho nitro benzene ring substituents is 1. The molecule has 0 aromatic heterocycles. The third-order valence-electron chi connectivity index (χ3n) is 2.96. The van der Waals surface area contributed by atoms with Crippen LogP contribution >= 0.6 is 27.5 Å². The minimum Gasteiger partial charge on any atom is -0.377 e. The lowest BCUT2D eigenvalue weighted by Crippen LogP contribution is -2.08. The van der Waals surface area contributed by atoms with Gasteiger partial charge in [-0.25, -0.2) is 4.39 Å². The van der Waals surface area contributed by atoms with Gasteiger partial charge in [-0.05, 0) is 30.7 Å². The normalized spacial score (nSPS) is 12.0. The first-order valence-electron chi connectivity index (χ1n) is 6.04. The van der Waals surface area contributed by atoms with E-state index in [9.17, 15) is 14.5 Å². The maximum absolute atomic E-state index is 13.1. The van der Waals surface area contributed by atoms with Crippen LogP contribution in [0.5, 0.6) is 0 Å². The lowest BCUT2D eigenvalue weighted by atomic mass is 10.1. The Bertz CT molecular complexity index is 697. The molecule has 1 atom stereocenters. The summed E-state index contributed by atoms with van der Waals surface area (Å²) < 4.78 is 13.7. The van der Waals surface area contributed by atoms with E-state index in [2.05, 4.69) is 21.2 Å². The summed E-state index contributed by atoms with van der Waals surface area (Å²) in [7, 11) is 0. The van der Waals surface area contributed by atoms with Crippen molar-refractivity contribution in [1.29, 1.82) is 0 Å². The van der Waals surface area contributed by atoms with Crippen LogP contribution in [0.1, 0.15) is 18.5 Å². The van der Waals surface area contributed by atoms with Gasteiger partial charge in [0.05, 0.1) is 15.6 Å². The standard InChI is InChI=1S/C14H11BrClFN2O2/c1-8(11-4-2-9(17)6-12(11)15)18-14-7-10(19(20)21)3-5-13(14)16/h2-8,18H,1H3. The summed E-state index contributed by atoms with van der Waals surface area (Å²) in [6, 6.07) is 8.33. The fourth-order valence-corrected chi connectivity index (χ4v) is 2.77. The van der Waals surface area contributed by atoms with E-state index >= 15 is 0 Å². The Balaban J connectivity index is 2.28. The van der Waals surface area contributed by atoms with E-state index < -0.39 is 4.92 Å². The van der Waals surface area contributed by atoms with Crippen LogP contribution < -0.4 is 5.32 Å². The first-order chi connectivity index (χ1) is 9.88. The zero-order valence-corrected chi connectivity index (χ0v) is 13.3. The van der Waals surface area contributed by atoms with Gasteiger partial charge < -0.3 is 5.32 Å². The molecule has 4 nitrogen and oxygen atoms in total. The summed E-state index contributed by atoms with van der Waals surface area (Å²) in [5, 5.41) is 14.3. The van der Waals surface area contributed by atoms with Crippen LogP contribution in [0.25, 0.3) is 0 Å².